The Morgan fingerprint density at radius 2 is 1.85 bits per heavy atom. The molecule has 0 radical (unpaired) electrons. The Bertz CT molecular complexity index is 985. The first-order valence-corrected chi connectivity index (χ1v) is 9.05. The molecule has 6 nitrogen and oxygen atoms in total. The number of benzene rings is 2. The third-order valence-electron chi connectivity index (χ3n) is 4.17. The van der Waals surface area contributed by atoms with Gasteiger partial charge in [-0.25, -0.2) is 0 Å². The van der Waals surface area contributed by atoms with Gasteiger partial charge < -0.3 is 10.1 Å². The van der Waals surface area contributed by atoms with E-state index in [1.165, 1.54) is 0 Å². The third-order valence-corrected chi connectivity index (χ3v) is 4.49. The maximum absolute atomic E-state index is 12.4. The molecule has 27 heavy (non-hydrogen) atoms. The Balaban J connectivity index is 1.71. The number of aromatic amines is 1. The molecule has 7 heteroatoms. The highest BCUT2D eigenvalue weighted by Crippen LogP contribution is 2.21. The number of aromatic nitrogens is 3. The normalized spacial score (nSPS) is 10.6. The lowest BCUT2D eigenvalue weighted by Gasteiger charge is -2.09. The van der Waals surface area contributed by atoms with E-state index in [4.69, 9.17) is 17.0 Å². The Kier molecular flexibility index (Phi) is 5.71. The standard InChI is InChI=1S/C20H22N4O2S/c1-13-10-14(2)12-16(11-13)21-18(25)8-9-24-19(22-23-20(24)27)15-4-6-17(26-3)7-5-15/h4-7,10-12H,8-9H2,1-3H3,(H,21,25)(H,23,27). The molecule has 1 aromatic heterocycles. The molecule has 1 amide bonds. The van der Waals surface area contributed by atoms with Crippen molar-refractivity contribution in [2.24, 2.45) is 0 Å². The predicted molar refractivity (Wildman–Crippen MR) is 109 cm³/mol. The van der Waals surface area contributed by atoms with Crippen LogP contribution in [0.25, 0.3) is 11.4 Å². The summed E-state index contributed by atoms with van der Waals surface area (Å²) in [6, 6.07) is 13.5. The van der Waals surface area contributed by atoms with Crippen LogP contribution in [-0.4, -0.2) is 27.8 Å². The SMILES string of the molecule is COc1ccc(-c2n[nH]c(=S)n2CCC(=O)Nc2cc(C)cc(C)c2)cc1. The molecule has 3 rings (SSSR count). The fourth-order valence-corrected chi connectivity index (χ4v) is 3.19. The quantitative estimate of drug-likeness (QED) is 0.625. The summed E-state index contributed by atoms with van der Waals surface area (Å²) < 4.78 is 7.50. The number of amides is 1. The van der Waals surface area contributed by atoms with Crippen LogP contribution in [0.2, 0.25) is 0 Å². The van der Waals surface area contributed by atoms with Crippen molar-refractivity contribution >= 4 is 23.8 Å². The summed E-state index contributed by atoms with van der Waals surface area (Å²) in [5.41, 5.74) is 3.94. The number of carbonyl (C=O) groups excluding carboxylic acids is 1. The van der Waals surface area contributed by atoms with Crippen molar-refractivity contribution in [3.63, 3.8) is 0 Å². The number of ether oxygens (including phenoxy) is 1. The summed E-state index contributed by atoms with van der Waals surface area (Å²) >= 11 is 5.33. The highest BCUT2D eigenvalue weighted by atomic mass is 32.1. The van der Waals surface area contributed by atoms with Gasteiger partial charge >= 0.3 is 0 Å². The molecule has 0 saturated carbocycles. The Hall–Kier alpha value is -2.93. The summed E-state index contributed by atoms with van der Waals surface area (Å²) in [7, 11) is 1.62. The van der Waals surface area contributed by atoms with E-state index < -0.39 is 0 Å². The molecule has 2 aromatic carbocycles. The number of carbonyl (C=O) groups is 1. The van der Waals surface area contributed by atoms with Crippen LogP contribution in [0.4, 0.5) is 5.69 Å². The topological polar surface area (TPSA) is 71.9 Å². The largest absolute Gasteiger partial charge is 0.497 e. The minimum Gasteiger partial charge on any atom is -0.497 e. The van der Waals surface area contributed by atoms with Crippen LogP contribution in [0.1, 0.15) is 17.5 Å². The van der Waals surface area contributed by atoms with Gasteiger partial charge in [-0.05, 0) is 73.6 Å². The smallest absolute Gasteiger partial charge is 0.226 e. The number of nitrogens with one attached hydrogen (secondary N) is 2. The molecular formula is C20H22N4O2S. The summed E-state index contributed by atoms with van der Waals surface area (Å²) in [6.07, 6.45) is 0.296. The van der Waals surface area contributed by atoms with Crippen molar-refractivity contribution in [1.29, 1.82) is 0 Å². The number of rotatable bonds is 6. The van der Waals surface area contributed by atoms with E-state index in [1.807, 2.05) is 54.8 Å². The average Bonchev–Trinajstić information content (AvgIpc) is 3.00. The molecule has 1 heterocycles. The molecule has 0 spiro atoms. The number of anilines is 1. The molecule has 2 N–H and O–H groups in total. The molecule has 0 unspecified atom stereocenters. The highest BCUT2D eigenvalue weighted by Gasteiger charge is 2.11. The van der Waals surface area contributed by atoms with Crippen molar-refractivity contribution in [1.82, 2.24) is 14.8 Å². The van der Waals surface area contributed by atoms with Crippen LogP contribution in [0.15, 0.2) is 42.5 Å². The minimum atomic E-state index is -0.0659. The van der Waals surface area contributed by atoms with Gasteiger partial charge in [0.15, 0.2) is 10.6 Å². The molecule has 0 aliphatic heterocycles. The van der Waals surface area contributed by atoms with Crippen molar-refractivity contribution in [3.05, 3.63) is 58.4 Å². The fraction of sp³-hybridized carbons (Fsp3) is 0.250. The van der Waals surface area contributed by atoms with E-state index in [-0.39, 0.29) is 5.91 Å². The number of H-pyrrole nitrogens is 1. The van der Waals surface area contributed by atoms with Crippen LogP contribution < -0.4 is 10.1 Å². The van der Waals surface area contributed by atoms with E-state index >= 15 is 0 Å². The van der Waals surface area contributed by atoms with Crippen molar-refractivity contribution in [2.75, 3.05) is 12.4 Å². The van der Waals surface area contributed by atoms with Gasteiger partial charge in [-0.2, -0.15) is 5.10 Å². The molecule has 0 fully saturated rings. The van der Waals surface area contributed by atoms with Gasteiger partial charge in [0.05, 0.1) is 7.11 Å². The maximum Gasteiger partial charge on any atom is 0.226 e. The molecule has 0 saturated heterocycles. The van der Waals surface area contributed by atoms with E-state index in [0.717, 1.165) is 28.1 Å². The van der Waals surface area contributed by atoms with Crippen LogP contribution in [-0.2, 0) is 11.3 Å². The van der Waals surface area contributed by atoms with Gasteiger partial charge in [-0.3, -0.25) is 14.5 Å². The van der Waals surface area contributed by atoms with Crippen LogP contribution >= 0.6 is 12.2 Å². The zero-order valence-electron chi connectivity index (χ0n) is 15.6. The Morgan fingerprint density at radius 3 is 2.48 bits per heavy atom. The lowest BCUT2D eigenvalue weighted by molar-refractivity contribution is -0.116. The highest BCUT2D eigenvalue weighted by molar-refractivity contribution is 7.71. The molecule has 0 atom stereocenters. The van der Waals surface area contributed by atoms with E-state index in [2.05, 4.69) is 21.6 Å². The Labute approximate surface area is 163 Å². The lowest BCUT2D eigenvalue weighted by atomic mass is 10.1. The third kappa shape index (κ3) is 4.62. The summed E-state index contributed by atoms with van der Waals surface area (Å²) in [6.45, 7) is 4.45. The van der Waals surface area contributed by atoms with E-state index in [1.54, 1.807) is 7.11 Å². The fourth-order valence-electron chi connectivity index (χ4n) is 2.97. The summed E-state index contributed by atoms with van der Waals surface area (Å²) in [5, 5.41) is 10.1. The molecule has 3 aromatic rings. The second-order valence-corrected chi connectivity index (χ2v) is 6.79. The van der Waals surface area contributed by atoms with Gasteiger partial charge in [-0.1, -0.05) is 6.07 Å². The van der Waals surface area contributed by atoms with Gasteiger partial charge in [0, 0.05) is 24.2 Å². The number of hydrogen-bond acceptors (Lipinski definition) is 4. The zero-order valence-corrected chi connectivity index (χ0v) is 16.4. The Morgan fingerprint density at radius 1 is 1.19 bits per heavy atom. The maximum atomic E-state index is 12.4. The minimum absolute atomic E-state index is 0.0659. The van der Waals surface area contributed by atoms with Crippen molar-refractivity contribution in [2.45, 2.75) is 26.8 Å². The monoisotopic (exact) mass is 382 g/mol. The average molecular weight is 382 g/mol. The number of aryl methyl sites for hydroxylation is 2. The molecular weight excluding hydrogens is 360 g/mol. The van der Waals surface area contributed by atoms with E-state index in [9.17, 15) is 4.79 Å². The predicted octanol–water partition coefficient (Wildman–Crippen LogP) is 4.26. The molecule has 0 aliphatic carbocycles. The molecule has 140 valence electrons. The zero-order chi connectivity index (χ0) is 19.4. The first-order chi connectivity index (χ1) is 13.0. The van der Waals surface area contributed by atoms with E-state index in [0.29, 0.717) is 23.6 Å². The van der Waals surface area contributed by atoms with Crippen LogP contribution in [0.5, 0.6) is 5.75 Å². The second-order valence-electron chi connectivity index (χ2n) is 6.41. The summed E-state index contributed by atoms with van der Waals surface area (Å²) in [4.78, 5) is 12.4. The van der Waals surface area contributed by atoms with Gasteiger partial charge in [0.1, 0.15) is 5.75 Å². The second kappa shape index (κ2) is 8.18. The number of methoxy groups -OCH3 is 1. The van der Waals surface area contributed by atoms with Crippen molar-refractivity contribution < 1.29 is 9.53 Å². The molecule has 0 bridgehead atoms. The first kappa shape index (κ1) is 18.8. The summed E-state index contributed by atoms with van der Waals surface area (Å²) in [5.74, 6) is 1.40. The molecule has 0 aliphatic rings. The van der Waals surface area contributed by atoms with Crippen LogP contribution in [0, 0.1) is 18.6 Å². The van der Waals surface area contributed by atoms with Gasteiger partial charge in [0.25, 0.3) is 0 Å². The van der Waals surface area contributed by atoms with Gasteiger partial charge in [0.2, 0.25) is 5.91 Å². The number of hydrogen-bond donors (Lipinski definition) is 2. The number of nitrogens with zero attached hydrogens (tertiary/aromatic N) is 2. The van der Waals surface area contributed by atoms with Crippen molar-refractivity contribution in [3.8, 4) is 17.1 Å². The first-order valence-electron chi connectivity index (χ1n) is 8.64. The lowest BCUT2D eigenvalue weighted by Crippen LogP contribution is -2.15. The van der Waals surface area contributed by atoms with Crippen LogP contribution in [0.3, 0.4) is 0 Å². The van der Waals surface area contributed by atoms with Gasteiger partial charge in [-0.15, -0.1) is 0 Å².